The Morgan fingerprint density at radius 1 is 1.37 bits per heavy atom. The van der Waals surface area contributed by atoms with Crippen LogP contribution in [0.1, 0.15) is 23.2 Å². The molecule has 2 aliphatic heterocycles. The highest BCUT2D eigenvalue weighted by atomic mass is 35.5. The Morgan fingerprint density at radius 2 is 2.16 bits per heavy atom. The minimum atomic E-state index is 0.00461. The molecule has 0 unspecified atom stereocenters. The topological polar surface area (TPSA) is 32.3 Å². The van der Waals surface area contributed by atoms with Crippen molar-refractivity contribution in [3.63, 3.8) is 0 Å². The standard InChI is InChI=1S/C14H17ClN2OS/c15-12-3-1-2-11(10-12)13(18)17-8-9-19-14(17)4-6-16-7-5-14/h1-3,10,16H,4-9H2. The number of carbonyl (C=O) groups is 1. The molecule has 3 rings (SSSR count). The third-order valence-corrected chi connectivity index (χ3v) is 5.67. The molecule has 5 heteroatoms. The lowest BCUT2D eigenvalue weighted by Crippen LogP contribution is -2.51. The Bertz CT molecular complexity index is 488. The van der Waals surface area contributed by atoms with E-state index in [2.05, 4.69) is 10.2 Å². The first kappa shape index (κ1) is 13.3. The predicted octanol–water partition coefficient (Wildman–Crippen LogP) is 2.61. The Morgan fingerprint density at radius 3 is 2.89 bits per heavy atom. The molecule has 102 valence electrons. The van der Waals surface area contributed by atoms with Crippen LogP contribution in [0.15, 0.2) is 24.3 Å². The van der Waals surface area contributed by atoms with Gasteiger partial charge in [0.2, 0.25) is 0 Å². The van der Waals surface area contributed by atoms with Gasteiger partial charge in [0.1, 0.15) is 0 Å². The van der Waals surface area contributed by atoms with E-state index in [4.69, 9.17) is 11.6 Å². The van der Waals surface area contributed by atoms with E-state index in [0.717, 1.165) is 38.2 Å². The first-order chi connectivity index (χ1) is 9.21. The number of hydrogen-bond acceptors (Lipinski definition) is 3. The molecule has 19 heavy (non-hydrogen) atoms. The van der Waals surface area contributed by atoms with Gasteiger partial charge in [-0.15, -0.1) is 11.8 Å². The van der Waals surface area contributed by atoms with Crippen molar-refractivity contribution in [3.05, 3.63) is 34.9 Å². The number of piperidine rings is 1. The normalized spacial score (nSPS) is 21.8. The van der Waals surface area contributed by atoms with Crippen molar-refractivity contribution in [1.29, 1.82) is 0 Å². The smallest absolute Gasteiger partial charge is 0.255 e. The highest BCUT2D eigenvalue weighted by molar-refractivity contribution is 8.00. The Labute approximate surface area is 122 Å². The fourth-order valence-corrected chi connectivity index (χ4v) is 4.57. The van der Waals surface area contributed by atoms with E-state index in [1.54, 1.807) is 12.1 Å². The number of rotatable bonds is 1. The van der Waals surface area contributed by atoms with Crippen molar-refractivity contribution in [2.24, 2.45) is 0 Å². The lowest BCUT2D eigenvalue weighted by Gasteiger charge is -2.40. The van der Waals surface area contributed by atoms with Gasteiger partial charge < -0.3 is 10.2 Å². The van der Waals surface area contributed by atoms with E-state index < -0.39 is 0 Å². The maximum Gasteiger partial charge on any atom is 0.255 e. The number of thioether (sulfide) groups is 1. The van der Waals surface area contributed by atoms with Crippen molar-refractivity contribution >= 4 is 29.3 Å². The molecule has 0 bridgehead atoms. The number of carbonyl (C=O) groups excluding carboxylic acids is 1. The molecule has 2 heterocycles. The summed E-state index contributed by atoms with van der Waals surface area (Å²) >= 11 is 7.92. The summed E-state index contributed by atoms with van der Waals surface area (Å²) in [5.74, 6) is 1.15. The van der Waals surface area contributed by atoms with Gasteiger partial charge in [0, 0.05) is 22.9 Å². The van der Waals surface area contributed by atoms with Crippen LogP contribution in [0.25, 0.3) is 0 Å². The van der Waals surface area contributed by atoms with E-state index in [1.807, 2.05) is 23.9 Å². The number of nitrogens with zero attached hydrogens (tertiary/aromatic N) is 1. The maximum atomic E-state index is 12.7. The number of halogens is 1. The van der Waals surface area contributed by atoms with E-state index in [-0.39, 0.29) is 10.8 Å². The van der Waals surface area contributed by atoms with Crippen LogP contribution in [0, 0.1) is 0 Å². The second kappa shape index (κ2) is 5.35. The van der Waals surface area contributed by atoms with Crippen molar-refractivity contribution in [2.75, 3.05) is 25.4 Å². The van der Waals surface area contributed by atoms with Crippen molar-refractivity contribution in [3.8, 4) is 0 Å². The second-order valence-electron chi connectivity index (χ2n) is 5.01. The monoisotopic (exact) mass is 296 g/mol. The molecular weight excluding hydrogens is 280 g/mol. The Balaban J connectivity index is 1.86. The zero-order valence-corrected chi connectivity index (χ0v) is 12.3. The predicted molar refractivity (Wildman–Crippen MR) is 79.8 cm³/mol. The van der Waals surface area contributed by atoms with Gasteiger partial charge in [-0.3, -0.25) is 4.79 Å². The van der Waals surface area contributed by atoms with Crippen LogP contribution in [-0.4, -0.2) is 41.1 Å². The first-order valence-electron chi connectivity index (χ1n) is 6.63. The van der Waals surface area contributed by atoms with Gasteiger partial charge in [-0.05, 0) is 44.1 Å². The molecule has 2 saturated heterocycles. The Hall–Kier alpha value is -0.710. The molecule has 0 aromatic heterocycles. The molecule has 2 aliphatic rings. The minimum absolute atomic E-state index is 0.00461. The summed E-state index contributed by atoms with van der Waals surface area (Å²) in [6.07, 6.45) is 2.06. The van der Waals surface area contributed by atoms with Gasteiger partial charge in [0.15, 0.2) is 0 Å². The molecule has 0 radical (unpaired) electrons. The van der Waals surface area contributed by atoms with Gasteiger partial charge >= 0.3 is 0 Å². The third kappa shape index (κ3) is 2.49. The quantitative estimate of drug-likeness (QED) is 0.864. The molecule has 2 fully saturated rings. The zero-order chi connectivity index (χ0) is 13.3. The summed E-state index contributed by atoms with van der Waals surface area (Å²) in [7, 11) is 0. The van der Waals surface area contributed by atoms with E-state index in [0.29, 0.717) is 10.6 Å². The molecule has 1 spiro atoms. The first-order valence-corrected chi connectivity index (χ1v) is 8.00. The van der Waals surface area contributed by atoms with E-state index in [9.17, 15) is 4.79 Å². The molecule has 0 aliphatic carbocycles. The lowest BCUT2D eigenvalue weighted by molar-refractivity contribution is 0.0635. The molecule has 3 nitrogen and oxygen atoms in total. The highest BCUT2D eigenvalue weighted by Crippen LogP contribution is 2.43. The molecule has 1 N–H and O–H groups in total. The summed E-state index contributed by atoms with van der Waals surface area (Å²) in [4.78, 5) is 14.8. The summed E-state index contributed by atoms with van der Waals surface area (Å²) < 4.78 is 0. The van der Waals surface area contributed by atoms with Crippen LogP contribution in [0.4, 0.5) is 0 Å². The zero-order valence-electron chi connectivity index (χ0n) is 10.7. The average molecular weight is 297 g/mol. The summed E-state index contributed by atoms with van der Waals surface area (Å²) in [5.41, 5.74) is 0.702. The number of nitrogens with one attached hydrogen (secondary N) is 1. The number of benzene rings is 1. The van der Waals surface area contributed by atoms with Crippen molar-refractivity contribution in [1.82, 2.24) is 10.2 Å². The van der Waals surface area contributed by atoms with Gasteiger partial charge in [-0.2, -0.15) is 0 Å². The fraction of sp³-hybridized carbons (Fsp3) is 0.500. The van der Waals surface area contributed by atoms with Crippen LogP contribution in [0.3, 0.4) is 0 Å². The van der Waals surface area contributed by atoms with Crippen LogP contribution >= 0.6 is 23.4 Å². The molecule has 1 amide bonds. The van der Waals surface area contributed by atoms with Crippen LogP contribution in [-0.2, 0) is 0 Å². The van der Waals surface area contributed by atoms with Gasteiger partial charge in [-0.1, -0.05) is 17.7 Å². The average Bonchev–Trinajstić information content (AvgIpc) is 2.82. The molecule has 1 aromatic rings. The van der Waals surface area contributed by atoms with E-state index in [1.165, 1.54) is 0 Å². The summed E-state index contributed by atoms with van der Waals surface area (Å²) in [6, 6.07) is 7.26. The van der Waals surface area contributed by atoms with Crippen molar-refractivity contribution in [2.45, 2.75) is 17.7 Å². The fourth-order valence-electron chi connectivity index (χ4n) is 2.90. The van der Waals surface area contributed by atoms with Crippen LogP contribution < -0.4 is 5.32 Å². The highest BCUT2D eigenvalue weighted by Gasteiger charge is 2.45. The van der Waals surface area contributed by atoms with Crippen LogP contribution in [0.2, 0.25) is 5.02 Å². The van der Waals surface area contributed by atoms with Crippen LogP contribution in [0.5, 0.6) is 0 Å². The van der Waals surface area contributed by atoms with Crippen molar-refractivity contribution < 1.29 is 4.79 Å². The Kier molecular flexibility index (Phi) is 3.74. The minimum Gasteiger partial charge on any atom is -0.323 e. The largest absolute Gasteiger partial charge is 0.323 e. The SMILES string of the molecule is O=C(c1cccc(Cl)c1)N1CCSC12CCNCC2. The molecule has 1 aromatic carbocycles. The molecule has 0 saturated carbocycles. The lowest BCUT2D eigenvalue weighted by atomic mass is 10.0. The van der Waals surface area contributed by atoms with E-state index >= 15 is 0 Å². The van der Waals surface area contributed by atoms with Gasteiger partial charge in [-0.25, -0.2) is 0 Å². The third-order valence-electron chi connectivity index (χ3n) is 3.88. The molecular formula is C14H17ClN2OS. The number of amides is 1. The van der Waals surface area contributed by atoms with Gasteiger partial charge in [0.25, 0.3) is 5.91 Å². The second-order valence-corrected chi connectivity index (χ2v) is 6.91. The summed E-state index contributed by atoms with van der Waals surface area (Å²) in [6.45, 7) is 2.83. The number of hydrogen-bond donors (Lipinski definition) is 1. The molecule has 0 atom stereocenters. The summed E-state index contributed by atoms with van der Waals surface area (Å²) in [5, 5.41) is 3.99. The maximum absolute atomic E-state index is 12.7. The van der Waals surface area contributed by atoms with Gasteiger partial charge in [0.05, 0.1) is 4.87 Å².